The highest BCUT2D eigenvalue weighted by Gasteiger charge is 2.49. The highest BCUT2D eigenvalue weighted by Crippen LogP contribution is 2.38. The van der Waals surface area contributed by atoms with E-state index < -0.39 is 18.0 Å². The smallest absolute Gasteiger partial charge is 0.393 e. The minimum Gasteiger partial charge on any atom is -0.399 e. The van der Waals surface area contributed by atoms with Gasteiger partial charge >= 0.3 is 6.18 Å². The molecule has 1 heterocycles. The van der Waals surface area contributed by atoms with Crippen LogP contribution in [0.4, 0.5) is 24.5 Å². The maximum Gasteiger partial charge on any atom is 0.393 e. The van der Waals surface area contributed by atoms with E-state index in [0.29, 0.717) is 12.2 Å². The number of alkyl halides is 3. The first-order valence-corrected chi connectivity index (χ1v) is 5.79. The SMILES string of the molecule is NCC1CN(c2ccc(N)cc2)CC1C(F)(F)F. The third-order valence-corrected chi connectivity index (χ3v) is 3.42. The first-order chi connectivity index (χ1) is 8.41. The normalized spacial score (nSPS) is 24.6. The molecule has 0 saturated carbocycles. The van der Waals surface area contributed by atoms with Crippen molar-refractivity contribution in [3.05, 3.63) is 24.3 Å². The van der Waals surface area contributed by atoms with E-state index in [2.05, 4.69) is 0 Å². The zero-order chi connectivity index (χ0) is 13.3. The van der Waals surface area contributed by atoms with Crippen LogP contribution in [-0.4, -0.2) is 25.8 Å². The molecule has 2 atom stereocenters. The number of benzene rings is 1. The van der Waals surface area contributed by atoms with Gasteiger partial charge in [0.1, 0.15) is 0 Å². The number of nitrogen functional groups attached to an aromatic ring is 1. The zero-order valence-electron chi connectivity index (χ0n) is 9.82. The van der Waals surface area contributed by atoms with Crippen molar-refractivity contribution in [3.63, 3.8) is 0 Å². The van der Waals surface area contributed by atoms with E-state index in [1.54, 1.807) is 29.2 Å². The molecule has 100 valence electrons. The Kier molecular flexibility index (Phi) is 3.38. The number of nitrogens with two attached hydrogens (primary N) is 2. The predicted octanol–water partition coefficient (Wildman–Crippen LogP) is 1.84. The van der Waals surface area contributed by atoms with Crippen molar-refractivity contribution in [2.45, 2.75) is 6.18 Å². The molecule has 0 bridgehead atoms. The van der Waals surface area contributed by atoms with E-state index in [1.165, 1.54) is 0 Å². The molecule has 0 aromatic heterocycles. The quantitative estimate of drug-likeness (QED) is 0.797. The fourth-order valence-corrected chi connectivity index (χ4v) is 2.38. The van der Waals surface area contributed by atoms with Gasteiger partial charge in [-0.25, -0.2) is 0 Å². The molecule has 1 aromatic rings. The Hall–Kier alpha value is -1.43. The summed E-state index contributed by atoms with van der Waals surface area (Å²) in [6, 6.07) is 6.85. The molecule has 1 aliphatic rings. The van der Waals surface area contributed by atoms with Crippen LogP contribution in [0.2, 0.25) is 0 Å². The van der Waals surface area contributed by atoms with Crippen molar-refractivity contribution in [1.82, 2.24) is 0 Å². The van der Waals surface area contributed by atoms with Crippen LogP contribution in [0.25, 0.3) is 0 Å². The summed E-state index contributed by atoms with van der Waals surface area (Å²) < 4.78 is 38.5. The molecule has 0 amide bonds. The molecule has 0 radical (unpaired) electrons. The summed E-state index contributed by atoms with van der Waals surface area (Å²) in [7, 11) is 0. The summed E-state index contributed by atoms with van der Waals surface area (Å²) in [6.07, 6.45) is -4.19. The van der Waals surface area contributed by atoms with Crippen molar-refractivity contribution in [2.75, 3.05) is 30.3 Å². The van der Waals surface area contributed by atoms with Gasteiger partial charge in [0.15, 0.2) is 0 Å². The van der Waals surface area contributed by atoms with Crippen LogP contribution in [0.5, 0.6) is 0 Å². The van der Waals surface area contributed by atoms with Gasteiger partial charge < -0.3 is 16.4 Å². The van der Waals surface area contributed by atoms with E-state index in [0.717, 1.165) is 5.69 Å². The number of nitrogens with zero attached hydrogens (tertiary/aromatic N) is 1. The third kappa shape index (κ3) is 2.53. The summed E-state index contributed by atoms with van der Waals surface area (Å²) in [6.45, 7) is 0.357. The lowest BCUT2D eigenvalue weighted by molar-refractivity contribution is -0.177. The average molecular weight is 259 g/mol. The zero-order valence-corrected chi connectivity index (χ0v) is 9.82. The molecular weight excluding hydrogens is 243 g/mol. The summed E-state index contributed by atoms with van der Waals surface area (Å²) in [5.41, 5.74) is 12.4. The number of rotatable bonds is 2. The topological polar surface area (TPSA) is 55.3 Å². The highest BCUT2D eigenvalue weighted by atomic mass is 19.4. The fraction of sp³-hybridized carbons (Fsp3) is 0.500. The van der Waals surface area contributed by atoms with E-state index in [4.69, 9.17) is 11.5 Å². The van der Waals surface area contributed by atoms with E-state index in [9.17, 15) is 13.2 Å². The first-order valence-electron chi connectivity index (χ1n) is 5.79. The third-order valence-electron chi connectivity index (χ3n) is 3.42. The van der Waals surface area contributed by atoms with E-state index in [-0.39, 0.29) is 13.1 Å². The molecular formula is C12H16F3N3. The standard InChI is InChI=1S/C12H16F3N3/c13-12(14,15)11-7-18(6-8(11)5-16)10-3-1-9(17)2-4-10/h1-4,8,11H,5-7,16-17H2. The van der Waals surface area contributed by atoms with Gasteiger partial charge in [0.05, 0.1) is 5.92 Å². The van der Waals surface area contributed by atoms with Crippen molar-refractivity contribution >= 4 is 11.4 Å². The Morgan fingerprint density at radius 3 is 2.22 bits per heavy atom. The van der Waals surface area contributed by atoms with Gasteiger partial charge in [0, 0.05) is 30.4 Å². The molecule has 2 rings (SSSR count). The number of hydrogen-bond donors (Lipinski definition) is 2. The Morgan fingerprint density at radius 1 is 1.17 bits per heavy atom. The first kappa shape index (κ1) is 13.0. The lowest BCUT2D eigenvalue weighted by Gasteiger charge is -2.20. The molecule has 3 nitrogen and oxygen atoms in total. The van der Waals surface area contributed by atoms with Gasteiger partial charge in [0.2, 0.25) is 0 Å². The van der Waals surface area contributed by atoms with Crippen LogP contribution < -0.4 is 16.4 Å². The number of anilines is 2. The molecule has 18 heavy (non-hydrogen) atoms. The van der Waals surface area contributed by atoms with Crippen LogP contribution in [0, 0.1) is 11.8 Å². The largest absolute Gasteiger partial charge is 0.399 e. The number of hydrogen-bond acceptors (Lipinski definition) is 3. The molecule has 1 saturated heterocycles. The molecule has 1 aromatic carbocycles. The second-order valence-corrected chi connectivity index (χ2v) is 4.64. The van der Waals surface area contributed by atoms with Crippen LogP contribution in [-0.2, 0) is 0 Å². The Bertz CT molecular complexity index is 402. The highest BCUT2D eigenvalue weighted by molar-refractivity contribution is 5.53. The van der Waals surface area contributed by atoms with Crippen LogP contribution in [0.3, 0.4) is 0 Å². The maximum atomic E-state index is 12.8. The van der Waals surface area contributed by atoms with Gasteiger partial charge in [-0.15, -0.1) is 0 Å². The maximum absolute atomic E-state index is 12.8. The summed E-state index contributed by atoms with van der Waals surface area (Å²) >= 11 is 0. The van der Waals surface area contributed by atoms with Gasteiger partial charge in [-0.05, 0) is 30.8 Å². The summed E-state index contributed by atoms with van der Waals surface area (Å²) in [5, 5.41) is 0. The Labute approximate surface area is 104 Å². The minimum absolute atomic E-state index is 0.0325. The number of halogens is 3. The van der Waals surface area contributed by atoms with Crippen molar-refractivity contribution in [2.24, 2.45) is 17.6 Å². The molecule has 1 fully saturated rings. The average Bonchev–Trinajstić information content (AvgIpc) is 2.73. The molecule has 0 aliphatic carbocycles. The molecule has 6 heteroatoms. The van der Waals surface area contributed by atoms with Gasteiger partial charge in [-0.2, -0.15) is 13.2 Å². The Balaban J connectivity index is 2.16. The molecule has 2 unspecified atom stereocenters. The van der Waals surface area contributed by atoms with Gasteiger partial charge in [0.25, 0.3) is 0 Å². The summed E-state index contributed by atoms with van der Waals surface area (Å²) in [5.74, 6) is -1.89. The monoisotopic (exact) mass is 259 g/mol. The van der Waals surface area contributed by atoms with Gasteiger partial charge in [-0.1, -0.05) is 0 Å². The van der Waals surface area contributed by atoms with E-state index >= 15 is 0 Å². The van der Waals surface area contributed by atoms with Crippen molar-refractivity contribution in [1.29, 1.82) is 0 Å². The molecule has 0 spiro atoms. The van der Waals surface area contributed by atoms with Crippen molar-refractivity contribution < 1.29 is 13.2 Å². The molecule has 4 N–H and O–H groups in total. The van der Waals surface area contributed by atoms with Crippen molar-refractivity contribution in [3.8, 4) is 0 Å². The molecule has 1 aliphatic heterocycles. The second kappa shape index (κ2) is 4.68. The second-order valence-electron chi connectivity index (χ2n) is 4.64. The van der Waals surface area contributed by atoms with E-state index in [1.807, 2.05) is 0 Å². The predicted molar refractivity (Wildman–Crippen MR) is 65.2 cm³/mol. The van der Waals surface area contributed by atoms with Crippen LogP contribution in [0.1, 0.15) is 0 Å². The minimum atomic E-state index is -4.19. The summed E-state index contributed by atoms with van der Waals surface area (Å²) in [4.78, 5) is 1.72. The lowest BCUT2D eigenvalue weighted by Crippen LogP contribution is -2.33. The lowest BCUT2D eigenvalue weighted by atomic mass is 9.96. The van der Waals surface area contributed by atoms with Crippen LogP contribution in [0.15, 0.2) is 24.3 Å². The van der Waals surface area contributed by atoms with Crippen LogP contribution >= 0.6 is 0 Å². The fourth-order valence-electron chi connectivity index (χ4n) is 2.38. The Morgan fingerprint density at radius 2 is 1.78 bits per heavy atom. The van der Waals surface area contributed by atoms with Gasteiger partial charge in [-0.3, -0.25) is 0 Å².